The van der Waals surface area contributed by atoms with Gasteiger partial charge in [-0.05, 0) is 25.9 Å². The summed E-state index contributed by atoms with van der Waals surface area (Å²) in [6.45, 7) is 14.7. The molecule has 0 aliphatic heterocycles. The summed E-state index contributed by atoms with van der Waals surface area (Å²) < 4.78 is 5.79. The molecule has 1 unspecified atom stereocenters. The molecule has 0 spiro atoms. The predicted octanol–water partition coefficient (Wildman–Crippen LogP) is 1.83. The van der Waals surface area contributed by atoms with Gasteiger partial charge >= 0.3 is 0 Å². The van der Waals surface area contributed by atoms with Crippen LogP contribution >= 0.6 is 0 Å². The van der Waals surface area contributed by atoms with E-state index in [1.165, 1.54) is 10.2 Å². The Hall–Kier alpha value is 0.394. The monoisotopic (exact) mass is 204 g/mol. The molecule has 3 heteroatoms. The molecule has 0 N–H and O–H groups in total. The summed E-state index contributed by atoms with van der Waals surface area (Å²) in [6.07, 6.45) is 0. The molecule has 1 atom stereocenters. The third-order valence-corrected chi connectivity index (χ3v) is 10.9. The molecule has 0 aliphatic carbocycles. The molecule has 0 bridgehead atoms. The summed E-state index contributed by atoms with van der Waals surface area (Å²) in [4.78, 5) is 0. The zero-order valence-electron chi connectivity index (χ0n) is 9.69. The smallest absolute Gasteiger partial charge is 0.0598 e. The number of rotatable bonds is 3. The zero-order valence-corrected chi connectivity index (χ0v) is 12.7. The molecule has 0 radical (unpaired) electrons. The molecule has 0 aromatic rings. The fourth-order valence-electron chi connectivity index (χ4n) is 0.625. The zero-order chi connectivity index (χ0) is 9.99. The van der Waals surface area contributed by atoms with Gasteiger partial charge in [0.25, 0.3) is 0 Å². The first-order valence-electron chi connectivity index (χ1n) is 4.77. The average molecular weight is 204 g/mol. The van der Waals surface area contributed by atoms with E-state index in [2.05, 4.69) is 40.4 Å². The van der Waals surface area contributed by atoms with E-state index in [-0.39, 0.29) is 5.60 Å². The Morgan fingerprint density at radius 1 is 1.25 bits per heavy atom. The van der Waals surface area contributed by atoms with Crippen LogP contribution in [0.3, 0.4) is 0 Å². The summed E-state index contributed by atoms with van der Waals surface area (Å²) in [6, 6.07) is 0. The normalized spacial score (nSPS) is 16.5. The summed E-state index contributed by atoms with van der Waals surface area (Å²) in [7, 11) is 0.355. The lowest BCUT2D eigenvalue weighted by Gasteiger charge is -2.29. The van der Waals surface area contributed by atoms with Gasteiger partial charge in [0.15, 0.2) is 0 Å². The third-order valence-electron chi connectivity index (χ3n) is 2.24. The van der Waals surface area contributed by atoms with Crippen molar-refractivity contribution < 1.29 is 4.74 Å². The fraction of sp³-hybridized carbons (Fsp3) is 1.00. The van der Waals surface area contributed by atoms with E-state index < -0.39 is 8.07 Å². The standard InChI is InChI=1S/C9H24OSi2/c1-9(2,3)10-7-8(11)12(4,5)6/h8H,7H2,1-6,11H3. The largest absolute Gasteiger partial charge is 0.376 e. The van der Waals surface area contributed by atoms with Crippen LogP contribution in [0.15, 0.2) is 0 Å². The van der Waals surface area contributed by atoms with Crippen molar-refractivity contribution in [1.29, 1.82) is 0 Å². The van der Waals surface area contributed by atoms with Crippen molar-refractivity contribution in [2.24, 2.45) is 0 Å². The van der Waals surface area contributed by atoms with E-state index in [0.717, 1.165) is 11.8 Å². The molecule has 0 heterocycles. The number of ether oxygens (including phenoxy) is 1. The predicted molar refractivity (Wildman–Crippen MR) is 62.7 cm³/mol. The molecule has 0 aromatic heterocycles. The van der Waals surface area contributed by atoms with Crippen molar-refractivity contribution in [1.82, 2.24) is 0 Å². The van der Waals surface area contributed by atoms with Gasteiger partial charge in [-0.3, -0.25) is 0 Å². The Labute approximate surface area is 81.3 Å². The second-order valence-electron chi connectivity index (χ2n) is 5.69. The third kappa shape index (κ3) is 5.97. The molecule has 0 saturated heterocycles. The lowest BCUT2D eigenvalue weighted by molar-refractivity contribution is 0.00187. The summed E-state index contributed by atoms with van der Waals surface area (Å²) in [5.74, 6) is 0. The summed E-state index contributed by atoms with van der Waals surface area (Å²) in [5, 5.41) is 0.886. The van der Waals surface area contributed by atoms with Gasteiger partial charge in [-0.25, -0.2) is 0 Å². The van der Waals surface area contributed by atoms with Crippen LogP contribution < -0.4 is 0 Å². The number of hydrogen-bond donors (Lipinski definition) is 0. The van der Waals surface area contributed by atoms with Crippen molar-refractivity contribution in [3.8, 4) is 0 Å². The van der Waals surface area contributed by atoms with Gasteiger partial charge in [0.2, 0.25) is 0 Å². The topological polar surface area (TPSA) is 9.23 Å². The van der Waals surface area contributed by atoms with E-state index in [0.29, 0.717) is 0 Å². The highest BCUT2D eigenvalue weighted by Gasteiger charge is 2.24. The Kier molecular flexibility index (Phi) is 4.20. The van der Waals surface area contributed by atoms with Crippen molar-refractivity contribution in [2.75, 3.05) is 6.61 Å². The molecule has 0 rings (SSSR count). The van der Waals surface area contributed by atoms with Crippen LogP contribution in [0.5, 0.6) is 0 Å². The molecule has 1 nitrogen and oxygen atoms in total. The van der Waals surface area contributed by atoms with Crippen LogP contribution in [0.25, 0.3) is 0 Å². The minimum atomic E-state index is -0.924. The van der Waals surface area contributed by atoms with Crippen LogP contribution in [0.1, 0.15) is 20.8 Å². The molecule has 0 fully saturated rings. The average Bonchev–Trinajstić information content (AvgIpc) is 1.78. The molecule has 12 heavy (non-hydrogen) atoms. The van der Waals surface area contributed by atoms with Crippen LogP contribution in [0.4, 0.5) is 0 Å². The molecule has 74 valence electrons. The lowest BCUT2D eigenvalue weighted by Crippen LogP contribution is -2.34. The minimum Gasteiger partial charge on any atom is -0.376 e. The summed E-state index contributed by atoms with van der Waals surface area (Å²) >= 11 is 0. The minimum absolute atomic E-state index is 0.0440. The van der Waals surface area contributed by atoms with Gasteiger partial charge in [0.1, 0.15) is 0 Å². The highest BCUT2D eigenvalue weighted by molar-refractivity contribution is 6.82. The van der Waals surface area contributed by atoms with Gasteiger partial charge in [-0.1, -0.05) is 19.6 Å². The molecule has 0 aliphatic rings. The Morgan fingerprint density at radius 3 is 1.92 bits per heavy atom. The van der Waals surface area contributed by atoms with Gasteiger partial charge in [0, 0.05) is 24.9 Å². The van der Waals surface area contributed by atoms with Crippen LogP contribution in [-0.2, 0) is 4.74 Å². The first-order valence-corrected chi connectivity index (χ1v) is 9.50. The maximum atomic E-state index is 5.79. The second kappa shape index (κ2) is 4.07. The molecular weight excluding hydrogens is 180 g/mol. The van der Waals surface area contributed by atoms with Crippen LogP contribution in [0.2, 0.25) is 24.8 Å². The maximum absolute atomic E-state index is 5.79. The molecular formula is C9H24OSi2. The van der Waals surface area contributed by atoms with Crippen molar-refractivity contribution in [3.05, 3.63) is 0 Å². The van der Waals surface area contributed by atoms with Crippen LogP contribution in [-0.4, -0.2) is 30.5 Å². The summed E-state index contributed by atoms with van der Waals surface area (Å²) in [5.41, 5.74) is 0.0440. The van der Waals surface area contributed by atoms with Crippen molar-refractivity contribution in [2.45, 2.75) is 51.2 Å². The molecule has 0 amide bonds. The van der Waals surface area contributed by atoms with Gasteiger partial charge in [-0.15, -0.1) is 0 Å². The Balaban J connectivity index is 3.80. The van der Waals surface area contributed by atoms with Gasteiger partial charge in [-0.2, -0.15) is 0 Å². The quantitative estimate of drug-likeness (QED) is 0.638. The Morgan fingerprint density at radius 2 is 1.67 bits per heavy atom. The van der Waals surface area contributed by atoms with E-state index in [1.54, 1.807) is 0 Å². The first-order chi connectivity index (χ1) is 5.13. The van der Waals surface area contributed by atoms with Gasteiger partial charge in [0.05, 0.1) is 5.60 Å². The molecule has 0 aromatic carbocycles. The van der Waals surface area contributed by atoms with E-state index in [9.17, 15) is 0 Å². The van der Waals surface area contributed by atoms with Crippen molar-refractivity contribution >= 4 is 18.3 Å². The lowest BCUT2D eigenvalue weighted by atomic mass is 10.2. The maximum Gasteiger partial charge on any atom is 0.0598 e. The first kappa shape index (κ1) is 12.4. The van der Waals surface area contributed by atoms with Crippen molar-refractivity contribution in [3.63, 3.8) is 0 Å². The van der Waals surface area contributed by atoms with E-state index >= 15 is 0 Å². The van der Waals surface area contributed by atoms with E-state index in [4.69, 9.17) is 4.74 Å². The van der Waals surface area contributed by atoms with Gasteiger partial charge < -0.3 is 4.74 Å². The highest BCUT2D eigenvalue weighted by Crippen LogP contribution is 2.20. The van der Waals surface area contributed by atoms with Crippen LogP contribution in [0, 0.1) is 0 Å². The fourth-order valence-corrected chi connectivity index (χ4v) is 1.38. The van der Waals surface area contributed by atoms with E-state index in [1.807, 2.05) is 0 Å². The Bertz CT molecular complexity index is 132. The SMILES string of the molecule is CC(C)(C)OCC([SiH3])[Si](C)(C)C. The molecule has 0 saturated carbocycles. The highest BCUT2D eigenvalue weighted by atomic mass is 28.4. The number of hydrogen-bond acceptors (Lipinski definition) is 1. The second-order valence-corrected chi connectivity index (χ2v) is 14.0.